The minimum absolute atomic E-state index is 0.125. The molecule has 0 saturated heterocycles. The van der Waals surface area contributed by atoms with E-state index in [4.69, 9.17) is 14.2 Å². The van der Waals surface area contributed by atoms with Gasteiger partial charge in [-0.1, -0.05) is 0 Å². The second-order valence-electron chi connectivity index (χ2n) is 6.50. The number of hydrogen-bond donors (Lipinski definition) is 0. The van der Waals surface area contributed by atoms with Crippen LogP contribution in [-0.4, -0.2) is 40.1 Å². The molecule has 0 N–H and O–H groups in total. The highest BCUT2D eigenvalue weighted by molar-refractivity contribution is 7.98. The second-order valence-corrected chi connectivity index (χ2v) is 7.52. The smallest absolute Gasteiger partial charge is 0.351 e. The van der Waals surface area contributed by atoms with E-state index in [2.05, 4.69) is 5.10 Å². The lowest BCUT2D eigenvalue weighted by molar-refractivity contribution is -0.145. The molecule has 2 aromatic carbocycles. The maximum Gasteiger partial charge on any atom is 0.351 e. The van der Waals surface area contributed by atoms with Crippen LogP contribution >= 0.6 is 11.8 Å². The lowest BCUT2D eigenvalue weighted by Gasteiger charge is -2.10. The summed E-state index contributed by atoms with van der Waals surface area (Å²) in [6, 6.07) is 12.9. The Morgan fingerprint density at radius 2 is 1.84 bits per heavy atom. The number of carbonyl (C=O) groups is 1. The summed E-state index contributed by atoms with van der Waals surface area (Å²) < 4.78 is 18.7. The topological polar surface area (TPSA) is 84.6 Å². The quantitative estimate of drug-likeness (QED) is 0.351. The first-order valence-electron chi connectivity index (χ1n) is 9.91. The average Bonchev–Trinajstić information content (AvgIpc) is 3.13. The number of aryl methyl sites for hydroxylation is 1. The van der Waals surface area contributed by atoms with Gasteiger partial charge in [-0.2, -0.15) is 5.10 Å². The highest BCUT2D eigenvalue weighted by Gasteiger charge is 2.10. The standard InChI is InChI=1S/C22H25N3O5S/c1-4-28-18-8-6-17(7-9-18)24-14-23-25(22(24)27)15-31-19-10-11-20(16(3)12-19)30-13-21(26)29-5-2/h6-12,14H,4-5,13,15H2,1-3H3. The molecule has 0 fully saturated rings. The predicted molar refractivity (Wildman–Crippen MR) is 118 cm³/mol. The first kappa shape index (κ1) is 22.5. The van der Waals surface area contributed by atoms with E-state index in [0.717, 1.165) is 21.9 Å². The number of carbonyl (C=O) groups excluding carboxylic acids is 1. The molecule has 8 nitrogen and oxygen atoms in total. The third kappa shape index (κ3) is 5.91. The number of benzene rings is 2. The van der Waals surface area contributed by atoms with Crippen molar-refractivity contribution in [3.63, 3.8) is 0 Å². The van der Waals surface area contributed by atoms with Crippen LogP contribution in [0.25, 0.3) is 5.69 Å². The molecule has 0 aliphatic carbocycles. The van der Waals surface area contributed by atoms with Crippen molar-refractivity contribution < 1.29 is 19.0 Å². The van der Waals surface area contributed by atoms with E-state index in [1.54, 1.807) is 13.0 Å². The van der Waals surface area contributed by atoms with Crippen LogP contribution in [0.5, 0.6) is 11.5 Å². The monoisotopic (exact) mass is 443 g/mol. The molecule has 0 bridgehead atoms. The van der Waals surface area contributed by atoms with Crippen LogP contribution < -0.4 is 15.2 Å². The highest BCUT2D eigenvalue weighted by atomic mass is 32.2. The van der Waals surface area contributed by atoms with E-state index in [1.165, 1.54) is 27.3 Å². The molecule has 9 heteroatoms. The van der Waals surface area contributed by atoms with Crippen molar-refractivity contribution in [2.24, 2.45) is 0 Å². The molecule has 0 saturated carbocycles. The number of nitrogens with zero attached hydrogens (tertiary/aromatic N) is 3. The van der Waals surface area contributed by atoms with Gasteiger partial charge in [-0.3, -0.25) is 0 Å². The van der Waals surface area contributed by atoms with E-state index in [1.807, 2.05) is 50.2 Å². The van der Waals surface area contributed by atoms with Crippen LogP contribution in [0, 0.1) is 6.92 Å². The molecular weight excluding hydrogens is 418 g/mol. The Kier molecular flexibility index (Phi) is 7.77. The molecule has 0 aliphatic rings. The Morgan fingerprint density at radius 1 is 1.06 bits per heavy atom. The van der Waals surface area contributed by atoms with Crippen LogP contribution in [-0.2, 0) is 15.4 Å². The molecule has 0 unspecified atom stereocenters. The van der Waals surface area contributed by atoms with Crippen molar-refractivity contribution in [3.8, 4) is 17.2 Å². The van der Waals surface area contributed by atoms with Crippen LogP contribution in [0.15, 0.2) is 58.5 Å². The molecule has 0 spiro atoms. The Bertz CT molecular complexity index is 1080. The third-order valence-electron chi connectivity index (χ3n) is 4.31. The summed E-state index contributed by atoms with van der Waals surface area (Å²) in [5.74, 6) is 1.34. The van der Waals surface area contributed by atoms with E-state index in [-0.39, 0.29) is 12.3 Å². The number of thioether (sulfide) groups is 1. The normalized spacial score (nSPS) is 10.7. The molecule has 0 amide bonds. The van der Waals surface area contributed by atoms with Crippen molar-refractivity contribution in [2.45, 2.75) is 31.5 Å². The Hall–Kier alpha value is -3.20. The molecule has 1 heterocycles. The maximum atomic E-state index is 12.7. The minimum atomic E-state index is -0.400. The number of esters is 1. The molecule has 3 aromatic rings. The highest BCUT2D eigenvalue weighted by Crippen LogP contribution is 2.26. The van der Waals surface area contributed by atoms with Crippen molar-refractivity contribution in [1.82, 2.24) is 14.3 Å². The summed E-state index contributed by atoms with van der Waals surface area (Å²) in [6.07, 6.45) is 1.51. The van der Waals surface area contributed by atoms with E-state index in [0.29, 0.717) is 24.8 Å². The fourth-order valence-corrected chi connectivity index (χ4v) is 3.69. The van der Waals surface area contributed by atoms with Crippen LogP contribution in [0.2, 0.25) is 0 Å². The molecule has 31 heavy (non-hydrogen) atoms. The van der Waals surface area contributed by atoms with Gasteiger partial charge < -0.3 is 14.2 Å². The van der Waals surface area contributed by atoms with Gasteiger partial charge in [-0.15, -0.1) is 11.8 Å². The van der Waals surface area contributed by atoms with E-state index >= 15 is 0 Å². The lowest BCUT2D eigenvalue weighted by atomic mass is 10.2. The lowest BCUT2D eigenvalue weighted by Crippen LogP contribution is -2.23. The predicted octanol–water partition coefficient (Wildman–Crippen LogP) is 3.43. The van der Waals surface area contributed by atoms with Crippen LogP contribution in [0.4, 0.5) is 0 Å². The van der Waals surface area contributed by atoms with E-state index in [9.17, 15) is 9.59 Å². The Labute approximate surface area is 184 Å². The fourth-order valence-electron chi connectivity index (χ4n) is 2.82. The van der Waals surface area contributed by atoms with Gasteiger partial charge in [0, 0.05) is 4.90 Å². The average molecular weight is 444 g/mol. The van der Waals surface area contributed by atoms with Crippen molar-refractivity contribution in [3.05, 3.63) is 64.8 Å². The summed E-state index contributed by atoms with van der Waals surface area (Å²) in [4.78, 5) is 25.1. The zero-order valence-electron chi connectivity index (χ0n) is 17.7. The van der Waals surface area contributed by atoms with Crippen LogP contribution in [0.1, 0.15) is 19.4 Å². The van der Waals surface area contributed by atoms with Gasteiger partial charge in [-0.25, -0.2) is 18.8 Å². The summed E-state index contributed by atoms with van der Waals surface area (Å²) in [5, 5.41) is 4.21. The van der Waals surface area contributed by atoms with Crippen molar-refractivity contribution in [2.75, 3.05) is 19.8 Å². The fraction of sp³-hybridized carbons (Fsp3) is 0.318. The summed E-state index contributed by atoms with van der Waals surface area (Å²) in [7, 11) is 0. The molecule has 0 radical (unpaired) electrons. The van der Waals surface area contributed by atoms with Gasteiger partial charge in [0.2, 0.25) is 0 Å². The van der Waals surface area contributed by atoms with Gasteiger partial charge in [0.1, 0.15) is 17.8 Å². The zero-order chi connectivity index (χ0) is 22.2. The second kappa shape index (κ2) is 10.7. The molecule has 164 valence electrons. The molecule has 0 aliphatic heterocycles. The number of aromatic nitrogens is 3. The number of hydrogen-bond acceptors (Lipinski definition) is 7. The summed E-state index contributed by atoms with van der Waals surface area (Å²) in [6.45, 7) is 6.36. The molecule has 1 aromatic heterocycles. The SMILES string of the molecule is CCOC(=O)COc1ccc(SCn2ncn(-c3ccc(OCC)cc3)c2=O)cc1C. The molecule has 0 atom stereocenters. The van der Waals surface area contributed by atoms with Gasteiger partial charge in [0.05, 0.1) is 24.8 Å². The van der Waals surface area contributed by atoms with E-state index < -0.39 is 5.97 Å². The maximum absolute atomic E-state index is 12.7. The van der Waals surface area contributed by atoms with Gasteiger partial charge in [0.15, 0.2) is 6.61 Å². The van der Waals surface area contributed by atoms with Crippen molar-refractivity contribution >= 4 is 17.7 Å². The molecule has 3 rings (SSSR count). The number of rotatable bonds is 10. The summed E-state index contributed by atoms with van der Waals surface area (Å²) >= 11 is 1.48. The molecular formula is C22H25N3O5S. The first-order valence-corrected chi connectivity index (χ1v) is 10.9. The van der Waals surface area contributed by atoms with Gasteiger partial charge in [-0.05, 0) is 68.8 Å². The zero-order valence-corrected chi connectivity index (χ0v) is 18.6. The first-order chi connectivity index (χ1) is 15.0. The van der Waals surface area contributed by atoms with Gasteiger partial charge in [0.25, 0.3) is 0 Å². The Morgan fingerprint density at radius 3 is 2.52 bits per heavy atom. The Balaban J connectivity index is 1.62. The van der Waals surface area contributed by atoms with Crippen molar-refractivity contribution in [1.29, 1.82) is 0 Å². The van der Waals surface area contributed by atoms with Gasteiger partial charge >= 0.3 is 11.7 Å². The third-order valence-corrected chi connectivity index (χ3v) is 5.27. The van der Waals surface area contributed by atoms with Crippen LogP contribution in [0.3, 0.4) is 0 Å². The minimum Gasteiger partial charge on any atom is -0.494 e. The number of ether oxygens (including phenoxy) is 3. The summed E-state index contributed by atoms with van der Waals surface area (Å²) in [5.41, 5.74) is 1.40. The largest absolute Gasteiger partial charge is 0.494 e.